The van der Waals surface area contributed by atoms with E-state index in [9.17, 15) is 13.2 Å². The summed E-state index contributed by atoms with van der Waals surface area (Å²) in [5, 5.41) is 4.84. The van der Waals surface area contributed by atoms with Gasteiger partial charge in [0.2, 0.25) is 10.0 Å². The van der Waals surface area contributed by atoms with Crippen LogP contribution >= 0.6 is 0 Å². The Morgan fingerprint density at radius 3 is 2.51 bits per heavy atom. The average molecular weight is 495 g/mol. The molecule has 2 aliphatic heterocycles. The fourth-order valence-electron chi connectivity index (χ4n) is 4.90. The molecule has 0 spiro atoms. The first-order valence-corrected chi connectivity index (χ1v) is 13.5. The highest BCUT2D eigenvalue weighted by Gasteiger charge is 2.31. The van der Waals surface area contributed by atoms with Crippen molar-refractivity contribution >= 4 is 38.1 Å². The van der Waals surface area contributed by atoms with Crippen molar-refractivity contribution in [2.24, 2.45) is 0 Å². The number of ether oxygens (including phenoxy) is 1. The number of morpholine rings is 1. The largest absolute Gasteiger partial charge is 0.378 e. The molecule has 2 aromatic carbocycles. The number of fused-ring (bicyclic) bond motifs is 1. The maximum atomic E-state index is 13.1. The first-order chi connectivity index (χ1) is 16.9. The molecule has 35 heavy (non-hydrogen) atoms. The molecule has 1 N–H and O–H groups in total. The van der Waals surface area contributed by atoms with Gasteiger partial charge in [0.25, 0.3) is 5.91 Å². The van der Waals surface area contributed by atoms with Crippen LogP contribution < -0.4 is 10.2 Å². The summed E-state index contributed by atoms with van der Waals surface area (Å²) in [4.78, 5) is 19.8. The Labute approximate surface area is 205 Å². The van der Waals surface area contributed by atoms with E-state index in [4.69, 9.17) is 4.74 Å². The number of carbonyl (C=O) groups is 1. The number of aromatic nitrogens is 1. The lowest BCUT2D eigenvalue weighted by atomic mass is 10.1. The molecule has 0 bridgehead atoms. The third kappa shape index (κ3) is 4.76. The minimum absolute atomic E-state index is 0.0148. The zero-order valence-corrected chi connectivity index (χ0v) is 20.6. The highest BCUT2D eigenvalue weighted by Crippen LogP contribution is 2.33. The molecule has 2 fully saturated rings. The Morgan fingerprint density at radius 2 is 1.77 bits per heavy atom. The van der Waals surface area contributed by atoms with Gasteiger partial charge >= 0.3 is 0 Å². The third-order valence-corrected chi connectivity index (χ3v) is 8.89. The maximum absolute atomic E-state index is 13.1. The van der Waals surface area contributed by atoms with Crippen LogP contribution in [0, 0.1) is 0 Å². The zero-order chi connectivity index (χ0) is 24.4. The lowest BCUT2D eigenvalue weighted by Gasteiger charge is -2.32. The number of nitrogens with one attached hydrogen (secondary N) is 1. The van der Waals surface area contributed by atoms with Crippen LogP contribution in [0.25, 0.3) is 10.8 Å². The molecule has 5 rings (SSSR count). The fraction of sp³-hybridized carbons (Fsp3) is 0.385. The van der Waals surface area contributed by atoms with Gasteiger partial charge in [-0.25, -0.2) is 8.42 Å². The highest BCUT2D eigenvalue weighted by atomic mass is 32.2. The molecule has 1 amide bonds. The van der Waals surface area contributed by atoms with Gasteiger partial charge in [-0.2, -0.15) is 4.31 Å². The number of amides is 1. The van der Waals surface area contributed by atoms with E-state index in [1.807, 2.05) is 25.1 Å². The van der Waals surface area contributed by atoms with E-state index in [-0.39, 0.29) is 16.8 Å². The van der Waals surface area contributed by atoms with Gasteiger partial charge in [0.1, 0.15) is 0 Å². The van der Waals surface area contributed by atoms with Crippen LogP contribution in [0.2, 0.25) is 0 Å². The Morgan fingerprint density at radius 1 is 1.00 bits per heavy atom. The molecule has 1 atom stereocenters. The number of rotatable bonds is 5. The molecular weight excluding hydrogens is 464 g/mol. The number of nitrogens with zero attached hydrogens (tertiary/aromatic N) is 3. The summed E-state index contributed by atoms with van der Waals surface area (Å²) < 4.78 is 33.2. The number of hydrogen-bond donors (Lipinski definition) is 1. The SMILES string of the molecule is C[C@H]1CCCCN1S(=O)(=O)c1ccc(C(=O)Nc2ccc(N3CCOCC3)c3ccncc23)cc1. The molecule has 0 unspecified atom stereocenters. The van der Waals surface area contributed by atoms with Gasteiger partial charge in [-0.1, -0.05) is 6.42 Å². The fourth-order valence-corrected chi connectivity index (χ4v) is 6.60. The van der Waals surface area contributed by atoms with E-state index < -0.39 is 10.0 Å². The van der Waals surface area contributed by atoms with Crippen LogP contribution in [0.3, 0.4) is 0 Å². The second-order valence-electron chi connectivity index (χ2n) is 9.09. The van der Waals surface area contributed by atoms with Crippen molar-refractivity contribution in [2.45, 2.75) is 37.1 Å². The van der Waals surface area contributed by atoms with Gasteiger partial charge in [-0.3, -0.25) is 9.78 Å². The molecule has 9 heteroatoms. The zero-order valence-electron chi connectivity index (χ0n) is 19.8. The number of anilines is 2. The molecule has 2 aliphatic rings. The third-order valence-electron chi connectivity index (χ3n) is 6.86. The first kappa shape index (κ1) is 23.7. The van der Waals surface area contributed by atoms with E-state index >= 15 is 0 Å². The summed E-state index contributed by atoms with van der Waals surface area (Å²) in [6.45, 7) is 5.49. The first-order valence-electron chi connectivity index (χ1n) is 12.1. The minimum Gasteiger partial charge on any atom is -0.378 e. The van der Waals surface area contributed by atoms with Gasteiger partial charge < -0.3 is 15.0 Å². The smallest absolute Gasteiger partial charge is 0.255 e. The normalized spacial score (nSPS) is 19.6. The summed E-state index contributed by atoms with van der Waals surface area (Å²) in [5.74, 6) is -0.301. The van der Waals surface area contributed by atoms with Crippen molar-refractivity contribution in [3.63, 3.8) is 0 Å². The molecule has 3 aromatic rings. The highest BCUT2D eigenvalue weighted by molar-refractivity contribution is 7.89. The van der Waals surface area contributed by atoms with E-state index in [2.05, 4.69) is 15.2 Å². The van der Waals surface area contributed by atoms with Crippen LogP contribution in [-0.4, -0.2) is 62.5 Å². The molecule has 0 radical (unpaired) electrons. The molecular formula is C26H30N4O4S. The molecule has 2 saturated heterocycles. The van der Waals surface area contributed by atoms with E-state index in [0.29, 0.717) is 31.0 Å². The Hall–Kier alpha value is -3.01. The minimum atomic E-state index is -3.58. The van der Waals surface area contributed by atoms with Gasteiger partial charge in [0.15, 0.2) is 0 Å². The van der Waals surface area contributed by atoms with Crippen molar-refractivity contribution in [3.05, 3.63) is 60.4 Å². The molecule has 1 aromatic heterocycles. The summed E-state index contributed by atoms with van der Waals surface area (Å²) in [7, 11) is -3.58. The lowest BCUT2D eigenvalue weighted by Crippen LogP contribution is -2.41. The summed E-state index contributed by atoms with van der Waals surface area (Å²) in [5.41, 5.74) is 2.14. The van der Waals surface area contributed by atoms with Gasteiger partial charge in [0, 0.05) is 60.1 Å². The van der Waals surface area contributed by atoms with Crippen LogP contribution in [0.15, 0.2) is 59.8 Å². The van der Waals surface area contributed by atoms with Gasteiger partial charge in [-0.15, -0.1) is 0 Å². The van der Waals surface area contributed by atoms with Gasteiger partial charge in [0.05, 0.1) is 23.8 Å². The maximum Gasteiger partial charge on any atom is 0.255 e. The van der Waals surface area contributed by atoms with E-state index in [1.54, 1.807) is 28.8 Å². The van der Waals surface area contributed by atoms with Crippen LogP contribution in [0.1, 0.15) is 36.5 Å². The van der Waals surface area contributed by atoms with E-state index in [0.717, 1.165) is 48.8 Å². The van der Waals surface area contributed by atoms with Crippen molar-refractivity contribution in [3.8, 4) is 0 Å². The van der Waals surface area contributed by atoms with Crippen molar-refractivity contribution in [1.29, 1.82) is 0 Å². The van der Waals surface area contributed by atoms with Crippen molar-refractivity contribution in [1.82, 2.24) is 9.29 Å². The molecule has 0 saturated carbocycles. The topological polar surface area (TPSA) is 91.8 Å². The molecule has 3 heterocycles. The average Bonchev–Trinajstić information content (AvgIpc) is 2.89. The van der Waals surface area contributed by atoms with E-state index in [1.165, 1.54) is 12.1 Å². The number of hydrogen-bond acceptors (Lipinski definition) is 6. The Bertz CT molecular complexity index is 1320. The number of piperidine rings is 1. The van der Waals surface area contributed by atoms with Crippen LogP contribution in [0.5, 0.6) is 0 Å². The molecule has 0 aliphatic carbocycles. The second kappa shape index (κ2) is 9.93. The summed E-state index contributed by atoms with van der Waals surface area (Å²) in [6, 6.07) is 12.0. The summed E-state index contributed by atoms with van der Waals surface area (Å²) >= 11 is 0. The summed E-state index contributed by atoms with van der Waals surface area (Å²) in [6.07, 6.45) is 6.29. The standard InChI is InChI=1S/C26H30N4O4S/c1-19-4-2-3-13-30(19)35(32,33)21-7-5-20(6-8-21)26(31)28-24-9-10-25(29-14-16-34-17-15-29)22-11-12-27-18-23(22)24/h5-12,18-19H,2-4,13-17H2,1H3,(H,28,31)/t19-/m0/s1. The number of carbonyl (C=O) groups excluding carboxylic acids is 1. The van der Waals surface area contributed by atoms with Crippen LogP contribution in [-0.2, 0) is 14.8 Å². The molecule has 8 nitrogen and oxygen atoms in total. The van der Waals surface area contributed by atoms with Gasteiger partial charge in [-0.05, 0) is 62.2 Å². The number of sulfonamides is 1. The lowest BCUT2D eigenvalue weighted by molar-refractivity contribution is 0.102. The predicted octanol–water partition coefficient (Wildman–Crippen LogP) is 3.89. The molecule has 184 valence electrons. The second-order valence-corrected chi connectivity index (χ2v) is 11.0. The predicted molar refractivity (Wildman–Crippen MR) is 136 cm³/mol. The Balaban J connectivity index is 1.37. The van der Waals surface area contributed by atoms with Crippen molar-refractivity contribution < 1.29 is 17.9 Å². The van der Waals surface area contributed by atoms with Crippen LogP contribution in [0.4, 0.5) is 11.4 Å². The van der Waals surface area contributed by atoms with Crippen molar-refractivity contribution in [2.75, 3.05) is 43.1 Å². The Kier molecular flexibility index (Phi) is 6.73. The number of pyridine rings is 1. The quantitative estimate of drug-likeness (QED) is 0.579. The monoisotopic (exact) mass is 494 g/mol. The number of benzene rings is 2.